The predicted molar refractivity (Wildman–Crippen MR) is 120 cm³/mol. The van der Waals surface area contributed by atoms with Crippen LogP contribution in [0.1, 0.15) is 32.6 Å². The zero-order valence-corrected chi connectivity index (χ0v) is 19.2. The van der Waals surface area contributed by atoms with E-state index in [0.717, 1.165) is 4.31 Å². The Morgan fingerprint density at radius 2 is 1.59 bits per heavy atom. The number of carboxylic acid groups (broad SMARTS) is 1. The van der Waals surface area contributed by atoms with Crippen molar-refractivity contribution in [3.8, 4) is 11.5 Å². The SMILES string of the molecule is C=C(C)CN(C1(C(=O)O)CCCC1)S(=O)(=O)c1ccc(Oc2ccc(S(=O)O)cc2)cc1. The van der Waals surface area contributed by atoms with E-state index in [1.807, 2.05) is 0 Å². The van der Waals surface area contributed by atoms with Crippen molar-refractivity contribution in [1.29, 1.82) is 0 Å². The molecule has 0 radical (unpaired) electrons. The third kappa shape index (κ3) is 4.93. The van der Waals surface area contributed by atoms with Crippen LogP contribution in [0.4, 0.5) is 0 Å². The Hall–Kier alpha value is -2.53. The minimum absolute atomic E-state index is 0.0374. The highest BCUT2D eigenvalue weighted by Crippen LogP contribution is 2.39. The van der Waals surface area contributed by atoms with Gasteiger partial charge >= 0.3 is 5.97 Å². The lowest BCUT2D eigenvalue weighted by atomic mass is 9.97. The molecular weight excluding hydrogens is 454 g/mol. The number of hydrogen-bond acceptors (Lipinski definition) is 5. The summed E-state index contributed by atoms with van der Waals surface area (Å²) < 4.78 is 53.8. The van der Waals surface area contributed by atoms with Gasteiger partial charge in [0, 0.05) is 6.54 Å². The number of ether oxygens (including phenoxy) is 1. The largest absolute Gasteiger partial charge is 0.480 e. The van der Waals surface area contributed by atoms with Crippen molar-refractivity contribution in [2.75, 3.05) is 6.54 Å². The number of sulfonamides is 1. The number of benzene rings is 2. The molecule has 32 heavy (non-hydrogen) atoms. The van der Waals surface area contributed by atoms with Gasteiger partial charge in [0.15, 0.2) is 11.1 Å². The summed E-state index contributed by atoms with van der Waals surface area (Å²) in [6.07, 6.45) is 1.79. The van der Waals surface area contributed by atoms with E-state index in [0.29, 0.717) is 29.9 Å². The number of aliphatic carboxylic acids is 1. The molecule has 1 fully saturated rings. The fourth-order valence-electron chi connectivity index (χ4n) is 3.81. The summed E-state index contributed by atoms with van der Waals surface area (Å²) in [6, 6.07) is 11.7. The summed E-state index contributed by atoms with van der Waals surface area (Å²) in [5, 5.41) is 9.93. The van der Waals surface area contributed by atoms with Crippen LogP contribution in [0.3, 0.4) is 0 Å². The van der Waals surface area contributed by atoms with Gasteiger partial charge in [0.25, 0.3) is 0 Å². The van der Waals surface area contributed by atoms with Crippen LogP contribution < -0.4 is 4.74 Å². The molecule has 0 heterocycles. The molecule has 2 N–H and O–H groups in total. The predicted octanol–water partition coefficient (Wildman–Crippen LogP) is 4.02. The Balaban J connectivity index is 1.88. The summed E-state index contributed by atoms with van der Waals surface area (Å²) in [6.45, 7) is 5.38. The van der Waals surface area contributed by atoms with Gasteiger partial charge in [-0.1, -0.05) is 25.0 Å². The van der Waals surface area contributed by atoms with Crippen LogP contribution >= 0.6 is 0 Å². The summed E-state index contributed by atoms with van der Waals surface area (Å²) >= 11 is -2.09. The Bertz CT molecular complexity index is 1120. The molecule has 0 aromatic heterocycles. The van der Waals surface area contributed by atoms with Crippen molar-refractivity contribution in [2.45, 2.75) is 47.9 Å². The monoisotopic (exact) mass is 479 g/mol. The van der Waals surface area contributed by atoms with Crippen molar-refractivity contribution < 1.29 is 31.8 Å². The van der Waals surface area contributed by atoms with E-state index in [-0.39, 0.29) is 29.2 Å². The van der Waals surface area contributed by atoms with Gasteiger partial charge < -0.3 is 14.4 Å². The summed E-state index contributed by atoms with van der Waals surface area (Å²) in [7, 11) is -4.11. The lowest BCUT2D eigenvalue weighted by Gasteiger charge is -2.37. The second kappa shape index (κ2) is 9.53. The van der Waals surface area contributed by atoms with Crippen molar-refractivity contribution in [1.82, 2.24) is 4.31 Å². The van der Waals surface area contributed by atoms with Crippen LogP contribution in [0.5, 0.6) is 11.5 Å². The molecule has 8 nitrogen and oxygen atoms in total. The molecule has 1 aliphatic carbocycles. The lowest BCUT2D eigenvalue weighted by molar-refractivity contribution is -0.148. The Morgan fingerprint density at radius 3 is 2.03 bits per heavy atom. The first-order valence-electron chi connectivity index (χ1n) is 9.96. The van der Waals surface area contributed by atoms with Crippen molar-refractivity contribution in [2.24, 2.45) is 0 Å². The molecule has 172 valence electrons. The maximum Gasteiger partial charge on any atom is 0.325 e. The molecule has 1 aliphatic rings. The number of nitrogens with zero attached hydrogens (tertiary/aromatic N) is 1. The van der Waals surface area contributed by atoms with Crippen LogP contribution in [0.15, 0.2) is 70.5 Å². The molecular formula is C22H25NO7S2. The third-order valence-electron chi connectivity index (χ3n) is 5.39. The van der Waals surface area contributed by atoms with E-state index >= 15 is 0 Å². The molecule has 3 rings (SSSR count). The molecule has 1 atom stereocenters. The Morgan fingerprint density at radius 1 is 1.09 bits per heavy atom. The quantitative estimate of drug-likeness (QED) is 0.411. The number of rotatable bonds is 9. The van der Waals surface area contributed by atoms with E-state index in [1.54, 1.807) is 6.92 Å². The summed E-state index contributed by atoms with van der Waals surface area (Å²) in [5.74, 6) is -0.372. The van der Waals surface area contributed by atoms with Gasteiger partial charge in [-0.15, -0.1) is 0 Å². The van der Waals surface area contributed by atoms with Crippen LogP contribution in [0, 0.1) is 0 Å². The summed E-state index contributed by atoms with van der Waals surface area (Å²) in [4.78, 5) is 12.4. The average Bonchev–Trinajstić information content (AvgIpc) is 3.23. The number of carboxylic acids is 1. The van der Waals surface area contributed by atoms with Crippen LogP contribution in [-0.4, -0.2) is 44.6 Å². The minimum atomic E-state index is -4.11. The highest BCUT2D eigenvalue weighted by Gasteiger charge is 2.51. The third-order valence-corrected chi connectivity index (χ3v) is 7.99. The molecule has 0 amide bonds. The first kappa shape index (κ1) is 24.1. The molecule has 0 bridgehead atoms. The molecule has 1 saturated carbocycles. The van der Waals surface area contributed by atoms with Gasteiger partial charge in [0.1, 0.15) is 17.0 Å². The Labute approximate surface area is 189 Å². The van der Waals surface area contributed by atoms with Gasteiger partial charge in [-0.25, -0.2) is 12.6 Å². The van der Waals surface area contributed by atoms with Crippen molar-refractivity contribution >= 4 is 27.1 Å². The van der Waals surface area contributed by atoms with E-state index in [2.05, 4.69) is 6.58 Å². The molecule has 10 heteroatoms. The minimum Gasteiger partial charge on any atom is -0.480 e. The number of carbonyl (C=O) groups is 1. The van der Waals surface area contributed by atoms with Crippen molar-refractivity contribution in [3.63, 3.8) is 0 Å². The molecule has 0 spiro atoms. The molecule has 1 unspecified atom stereocenters. The van der Waals surface area contributed by atoms with E-state index in [1.165, 1.54) is 48.5 Å². The summed E-state index contributed by atoms with van der Waals surface area (Å²) in [5.41, 5.74) is -0.935. The highest BCUT2D eigenvalue weighted by molar-refractivity contribution is 7.89. The van der Waals surface area contributed by atoms with Gasteiger partial charge in [-0.05, 0) is 68.3 Å². The topological polar surface area (TPSA) is 121 Å². The molecule has 0 saturated heterocycles. The zero-order valence-electron chi connectivity index (χ0n) is 17.6. The highest BCUT2D eigenvalue weighted by atomic mass is 32.2. The standard InChI is InChI=1S/C22H25NO7S2/c1-16(2)15-23(22(21(24)25)13-3-4-14-22)32(28,29)20-11-7-18(8-12-20)30-17-5-9-19(10-6-17)31(26)27/h5-12H,1,3-4,13-15H2,2H3,(H,24,25)(H,26,27). The zero-order chi connectivity index (χ0) is 23.5. The average molecular weight is 480 g/mol. The molecule has 2 aromatic carbocycles. The fourth-order valence-corrected chi connectivity index (χ4v) is 6.02. The molecule has 2 aromatic rings. The van der Waals surface area contributed by atoms with E-state index in [9.17, 15) is 22.5 Å². The Kier molecular flexibility index (Phi) is 7.19. The van der Waals surface area contributed by atoms with E-state index in [4.69, 9.17) is 9.29 Å². The van der Waals surface area contributed by atoms with Crippen LogP contribution in [-0.2, 0) is 25.9 Å². The number of hydrogen-bond donors (Lipinski definition) is 2. The van der Waals surface area contributed by atoms with Gasteiger partial charge in [0.05, 0.1) is 9.79 Å². The van der Waals surface area contributed by atoms with Gasteiger partial charge in [0.2, 0.25) is 10.0 Å². The fraction of sp³-hybridized carbons (Fsp3) is 0.318. The maximum atomic E-state index is 13.5. The first-order valence-corrected chi connectivity index (χ1v) is 12.5. The lowest BCUT2D eigenvalue weighted by Crippen LogP contribution is -2.55. The van der Waals surface area contributed by atoms with Gasteiger partial charge in [-0.2, -0.15) is 4.31 Å². The van der Waals surface area contributed by atoms with Crippen molar-refractivity contribution in [3.05, 3.63) is 60.7 Å². The molecule has 0 aliphatic heterocycles. The second-order valence-electron chi connectivity index (χ2n) is 7.81. The second-order valence-corrected chi connectivity index (χ2v) is 10.6. The van der Waals surface area contributed by atoms with E-state index < -0.39 is 32.6 Å². The normalized spacial score (nSPS) is 16.6. The van der Waals surface area contributed by atoms with Crippen LogP contribution in [0.2, 0.25) is 0 Å². The first-order chi connectivity index (χ1) is 15.1. The van der Waals surface area contributed by atoms with Crippen LogP contribution in [0.25, 0.3) is 0 Å². The smallest absolute Gasteiger partial charge is 0.325 e. The maximum absolute atomic E-state index is 13.5. The van der Waals surface area contributed by atoms with Gasteiger partial charge in [-0.3, -0.25) is 4.79 Å².